The van der Waals surface area contributed by atoms with Gasteiger partial charge in [-0.1, -0.05) is 13.0 Å². The van der Waals surface area contributed by atoms with Crippen LogP contribution in [0.5, 0.6) is 0 Å². The predicted molar refractivity (Wildman–Crippen MR) is 82.5 cm³/mol. The monoisotopic (exact) mass is 307 g/mol. The number of nitrogens with zero attached hydrogens (tertiary/aromatic N) is 2. The Morgan fingerprint density at radius 2 is 2.27 bits per heavy atom. The van der Waals surface area contributed by atoms with Gasteiger partial charge in [0.1, 0.15) is 0 Å². The van der Waals surface area contributed by atoms with Gasteiger partial charge in [-0.25, -0.2) is 0 Å². The van der Waals surface area contributed by atoms with E-state index in [4.69, 9.17) is 0 Å². The third-order valence-electron chi connectivity index (χ3n) is 4.20. The minimum atomic E-state index is -0.499. The number of carbonyl (C=O) groups is 1. The highest BCUT2D eigenvalue weighted by Gasteiger charge is 2.30. The summed E-state index contributed by atoms with van der Waals surface area (Å²) in [5.41, 5.74) is 0.338. The minimum Gasteiger partial charge on any atom is -0.392 e. The molecule has 1 aromatic carbocycles. The molecule has 7 heteroatoms. The van der Waals surface area contributed by atoms with E-state index in [1.165, 1.54) is 18.2 Å². The summed E-state index contributed by atoms with van der Waals surface area (Å²) < 4.78 is 0. The molecule has 0 aliphatic carbocycles. The Bertz CT molecular complexity index is 563. The molecule has 0 bridgehead atoms. The fraction of sp³-hybridized carbons (Fsp3) is 0.533. The van der Waals surface area contributed by atoms with Gasteiger partial charge in [-0.15, -0.1) is 0 Å². The van der Waals surface area contributed by atoms with Crippen molar-refractivity contribution in [2.24, 2.45) is 5.92 Å². The number of benzene rings is 1. The summed E-state index contributed by atoms with van der Waals surface area (Å²) >= 11 is 0. The summed E-state index contributed by atoms with van der Waals surface area (Å²) in [6, 6.07) is 5.45. The van der Waals surface area contributed by atoms with Crippen molar-refractivity contribution in [3.8, 4) is 0 Å². The first-order chi connectivity index (χ1) is 10.4. The number of non-ortho nitro benzene ring substituents is 1. The molecule has 120 valence electrons. The highest BCUT2D eigenvalue weighted by molar-refractivity contribution is 5.94. The van der Waals surface area contributed by atoms with E-state index >= 15 is 0 Å². The normalized spacial score (nSPS) is 23.8. The van der Waals surface area contributed by atoms with Crippen LogP contribution in [0.1, 0.15) is 20.3 Å². The number of nitro benzene ring substituents is 1. The Kier molecular flexibility index (Phi) is 5.10. The molecule has 3 unspecified atom stereocenters. The largest absolute Gasteiger partial charge is 0.392 e. The van der Waals surface area contributed by atoms with Crippen molar-refractivity contribution < 1.29 is 14.8 Å². The van der Waals surface area contributed by atoms with E-state index in [1.807, 2.05) is 11.8 Å². The maximum atomic E-state index is 12.3. The third kappa shape index (κ3) is 3.80. The van der Waals surface area contributed by atoms with Crippen molar-refractivity contribution in [2.75, 3.05) is 18.4 Å². The quantitative estimate of drug-likeness (QED) is 0.651. The molecule has 2 N–H and O–H groups in total. The zero-order valence-electron chi connectivity index (χ0n) is 12.7. The molecule has 1 aromatic rings. The molecule has 1 heterocycles. The Hall–Kier alpha value is -1.99. The molecule has 1 fully saturated rings. The van der Waals surface area contributed by atoms with E-state index in [9.17, 15) is 20.0 Å². The lowest BCUT2D eigenvalue weighted by Gasteiger charge is -2.37. The summed E-state index contributed by atoms with van der Waals surface area (Å²) in [5.74, 6) is 0.00513. The van der Waals surface area contributed by atoms with E-state index in [0.29, 0.717) is 12.2 Å². The second kappa shape index (κ2) is 6.85. The van der Waals surface area contributed by atoms with Crippen LogP contribution in [-0.4, -0.2) is 46.1 Å². The van der Waals surface area contributed by atoms with Crippen LogP contribution in [0.3, 0.4) is 0 Å². The average molecular weight is 307 g/mol. The Morgan fingerprint density at radius 1 is 1.55 bits per heavy atom. The fourth-order valence-electron chi connectivity index (χ4n) is 2.53. The zero-order valence-corrected chi connectivity index (χ0v) is 12.7. The van der Waals surface area contributed by atoms with Crippen LogP contribution < -0.4 is 5.32 Å². The fourth-order valence-corrected chi connectivity index (χ4v) is 2.53. The van der Waals surface area contributed by atoms with Gasteiger partial charge in [0.15, 0.2) is 0 Å². The number of hydrogen-bond acceptors (Lipinski definition) is 5. The molecule has 1 amide bonds. The molecule has 1 aliphatic rings. The number of nitrogens with one attached hydrogen (secondary N) is 1. The third-order valence-corrected chi connectivity index (χ3v) is 4.20. The van der Waals surface area contributed by atoms with Crippen LogP contribution in [0.25, 0.3) is 0 Å². The Morgan fingerprint density at radius 3 is 2.91 bits per heavy atom. The summed E-state index contributed by atoms with van der Waals surface area (Å²) in [4.78, 5) is 24.4. The average Bonchev–Trinajstić information content (AvgIpc) is 2.49. The van der Waals surface area contributed by atoms with Gasteiger partial charge in [0, 0.05) is 24.4 Å². The van der Waals surface area contributed by atoms with E-state index in [-0.39, 0.29) is 17.5 Å². The minimum absolute atomic E-state index is 0.0623. The smallest absolute Gasteiger partial charge is 0.271 e. The van der Waals surface area contributed by atoms with Crippen molar-refractivity contribution in [2.45, 2.75) is 32.4 Å². The van der Waals surface area contributed by atoms with Gasteiger partial charge in [-0.05, 0) is 31.9 Å². The first kappa shape index (κ1) is 16.4. The number of piperidine rings is 1. The van der Waals surface area contributed by atoms with Gasteiger partial charge in [0.2, 0.25) is 5.91 Å². The van der Waals surface area contributed by atoms with Gasteiger partial charge in [-0.3, -0.25) is 19.8 Å². The number of hydrogen-bond donors (Lipinski definition) is 2. The van der Waals surface area contributed by atoms with Crippen molar-refractivity contribution in [1.82, 2.24) is 4.90 Å². The van der Waals surface area contributed by atoms with Crippen LogP contribution in [0.15, 0.2) is 24.3 Å². The standard InChI is InChI=1S/C15H21N3O4/c1-10-6-7-17(9-14(10)19)11(2)15(20)16-12-4-3-5-13(8-12)18(21)22/h3-5,8,10-11,14,19H,6-7,9H2,1-2H3,(H,16,20). The predicted octanol–water partition coefficient (Wildman–Crippen LogP) is 1.62. The van der Waals surface area contributed by atoms with E-state index in [1.54, 1.807) is 13.0 Å². The van der Waals surface area contributed by atoms with Crippen molar-refractivity contribution >= 4 is 17.3 Å². The molecule has 0 radical (unpaired) electrons. The molecular formula is C15H21N3O4. The summed E-state index contributed by atoms with van der Waals surface area (Å²) in [6.07, 6.45) is 0.414. The molecule has 0 aromatic heterocycles. The van der Waals surface area contributed by atoms with Crippen LogP contribution in [-0.2, 0) is 4.79 Å². The molecule has 2 rings (SSSR count). The molecule has 1 saturated heterocycles. The first-order valence-corrected chi connectivity index (χ1v) is 7.36. The number of anilines is 1. The van der Waals surface area contributed by atoms with Crippen molar-refractivity contribution in [3.05, 3.63) is 34.4 Å². The number of aliphatic hydroxyl groups is 1. The van der Waals surface area contributed by atoms with Gasteiger partial charge in [-0.2, -0.15) is 0 Å². The maximum absolute atomic E-state index is 12.3. The number of amides is 1. The lowest BCUT2D eigenvalue weighted by molar-refractivity contribution is -0.384. The molecule has 22 heavy (non-hydrogen) atoms. The van der Waals surface area contributed by atoms with E-state index in [0.717, 1.165) is 13.0 Å². The summed E-state index contributed by atoms with van der Waals surface area (Å²) in [6.45, 7) is 4.98. The molecule has 1 aliphatic heterocycles. The van der Waals surface area contributed by atoms with E-state index < -0.39 is 17.1 Å². The zero-order chi connectivity index (χ0) is 16.3. The number of likely N-dealkylation sites (tertiary alicyclic amines) is 1. The van der Waals surface area contributed by atoms with Crippen LogP contribution >= 0.6 is 0 Å². The molecule has 0 spiro atoms. The number of aliphatic hydroxyl groups excluding tert-OH is 1. The highest BCUT2D eigenvalue weighted by Crippen LogP contribution is 2.21. The van der Waals surface area contributed by atoms with Crippen LogP contribution in [0, 0.1) is 16.0 Å². The topological polar surface area (TPSA) is 95.7 Å². The molecule has 7 nitrogen and oxygen atoms in total. The Balaban J connectivity index is 1.99. The number of nitro groups is 1. The van der Waals surface area contributed by atoms with Gasteiger partial charge in [0.25, 0.3) is 5.69 Å². The van der Waals surface area contributed by atoms with Crippen molar-refractivity contribution in [1.29, 1.82) is 0 Å². The number of carbonyl (C=O) groups excluding carboxylic acids is 1. The number of rotatable bonds is 4. The second-order valence-corrected chi connectivity index (χ2v) is 5.80. The van der Waals surface area contributed by atoms with Crippen LogP contribution in [0.2, 0.25) is 0 Å². The lowest BCUT2D eigenvalue weighted by atomic mass is 9.95. The molecular weight excluding hydrogens is 286 g/mol. The Labute approximate surface area is 129 Å². The van der Waals surface area contributed by atoms with Crippen LogP contribution in [0.4, 0.5) is 11.4 Å². The van der Waals surface area contributed by atoms with Gasteiger partial charge >= 0.3 is 0 Å². The highest BCUT2D eigenvalue weighted by atomic mass is 16.6. The first-order valence-electron chi connectivity index (χ1n) is 7.36. The summed E-state index contributed by atoms with van der Waals surface area (Å²) in [5, 5.41) is 23.4. The summed E-state index contributed by atoms with van der Waals surface area (Å²) in [7, 11) is 0. The van der Waals surface area contributed by atoms with E-state index in [2.05, 4.69) is 5.32 Å². The molecule has 3 atom stereocenters. The maximum Gasteiger partial charge on any atom is 0.271 e. The number of β-amino-alcohol motifs (C(OH)–C–C–N with tert-alkyl or cyclic N) is 1. The molecule has 0 saturated carbocycles. The lowest BCUT2D eigenvalue weighted by Crippen LogP contribution is -2.50. The van der Waals surface area contributed by atoms with Gasteiger partial charge in [0.05, 0.1) is 17.1 Å². The van der Waals surface area contributed by atoms with Gasteiger partial charge < -0.3 is 10.4 Å². The SMILES string of the molecule is CC1CCN(C(C)C(=O)Nc2cccc([N+](=O)[O-])c2)CC1O. The van der Waals surface area contributed by atoms with Crippen molar-refractivity contribution in [3.63, 3.8) is 0 Å². The second-order valence-electron chi connectivity index (χ2n) is 5.80.